The average Bonchev–Trinajstić information content (AvgIpc) is 3.50. The molecule has 2 aliphatic rings. The number of nitrogens with one attached hydrogen (secondary N) is 1. The molecule has 3 heterocycles. The largest absolute Gasteiger partial charge is 0.497 e. The number of unbranched alkanes of at least 4 members (excludes halogenated alkanes) is 1. The summed E-state index contributed by atoms with van der Waals surface area (Å²) >= 11 is 0. The van der Waals surface area contributed by atoms with Crippen molar-refractivity contribution in [2.24, 2.45) is 0 Å². The summed E-state index contributed by atoms with van der Waals surface area (Å²) in [6.45, 7) is 5.12. The number of ether oxygens (including phenoxy) is 2. The van der Waals surface area contributed by atoms with Crippen molar-refractivity contribution in [3.63, 3.8) is 0 Å². The van der Waals surface area contributed by atoms with Crippen LogP contribution in [-0.4, -0.2) is 40.6 Å². The standard InChI is InChI=1S/C28H32N4O4/c1-4-5-16-35-23-12-6-20(7-13-23)24-17-26-28(33)31(14-15-32(26)30-24)18-25-19(2)36-27(29-25)21-8-10-22(34-3)11-9-21/h6-15,24,26,30H,4-5,16-18H2,1-3H3. The maximum Gasteiger partial charge on any atom is 0.251 e. The highest BCUT2D eigenvalue weighted by Gasteiger charge is 2.40. The Morgan fingerprint density at radius 1 is 1.08 bits per heavy atom. The number of benzene rings is 2. The molecule has 8 nitrogen and oxygen atoms in total. The van der Waals surface area contributed by atoms with Crippen LogP contribution >= 0.6 is 0 Å². The lowest BCUT2D eigenvalue weighted by atomic mass is 10.0. The van der Waals surface area contributed by atoms with Gasteiger partial charge in [0.1, 0.15) is 29.0 Å². The van der Waals surface area contributed by atoms with Crippen LogP contribution < -0.4 is 14.9 Å². The number of carbonyl (C=O) groups is 1. The zero-order chi connectivity index (χ0) is 25.1. The van der Waals surface area contributed by atoms with E-state index in [0.717, 1.165) is 47.8 Å². The lowest BCUT2D eigenvalue weighted by Crippen LogP contribution is -2.47. The summed E-state index contributed by atoms with van der Waals surface area (Å²) in [6.07, 6.45) is 6.57. The van der Waals surface area contributed by atoms with Crippen LogP contribution in [0.1, 0.15) is 49.2 Å². The Morgan fingerprint density at radius 2 is 1.83 bits per heavy atom. The van der Waals surface area contributed by atoms with Gasteiger partial charge in [0.15, 0.2) is 0 Å². The number of aromatic nitrogens is 1. The third-order valence-corrected chi connectivity index (χ3v) is 6.67. The topological polar surface area (TPSA) is 80.1 Å². The summed E-state index contributed by atoms with van der Waals surface area (Å²) < 4.78 is 16.9. The Morgan fingerprint density at radius 3 is 2.56 bits per heavy atom. The SMILES string of the molecule is CCCCOc1ccc(C2CC3C(=O)N(Cc4nc(-c5ccc(OC)cc5)oc4C)C=CN3N2)cc1. The van der Waals surface area contributed by atoms with E-state index in [2.05, 4.69) is 29.5 Å². The summed E-state index contributed by atoms with van der Waals surface area (Å²) in [6, 6.07) is 15.5. The van der Waals surface area contributed by atoms with Crippen molar-refractivity contribution in [1.29, 1.82) is 0 Å². The summed E-state index contributed by atoms with van der Waals surface area (Å²) in [4.78, 5) is 19.7. The monoisotopic (exact) mass is 488 g/mol. The molecule has 36 heavy (non-hydrogen) atoms. The number of nitrogens with zero attached hydrogens (tertiary/aromatic N) is 3. The number of aryl methyl sites for hydroxylation is 1. The molecule has 5 rings (SSSR count). The summed E-state index contributed by atoms with van der Waals surface area (Å²) in [5, 5.41) is 1.91. The fraction of sp³-hybridized carbons (Fsp3) is 0.357. The quantitative estimate of drug-likeness (QED) is 0.426. The van der Waals surface area contributed by atoms with E-state index in [1.165, 1.54) is 0 Å². The second-order valence-electron chi connectivity index (χ2n) is 9.13. The van der Waals surface area contributed by atoms with E-state index in [4.69, 9.17) is 13.9 Å². The molecule has 1 N–H and O–H groups in total. The minimum Gasteiger partial charge on any atom is -0.497 e. The lowest BCUT2D eigenvalue weighted by molar-refractivity contribution is -0.135. The zero-order valence-corrected chi connectivity index (χ0v) is 20.9. The van der Waals surface area contributed by atoms with Crippen LogP contribution in [0.15, 0.2) is 65.3 Å². The number of hydrogen-bond acceptors (Lipinski definition) is 7. The van der Waals surface area contributed by atoms with Crippen LogP contribution in [0.4, 0.5) is 0 Å². The normalized spacial score (nSPS) is 19.0. The van der Waals surface area contributed by atoms with Gasteiger partial charge in [0.2, 0.25) is 5.89 Å². The van der Waals surface area contributed by atoms with Crippen molar-refractivity contribution < 1.29 is 18.7 Å². The third kappa shape index (κ3) is 4.95. The Balaban J connectivity index is 1.23. The molecule has 0 aliphatic carbocycles. The molecule has 188 valence electrons. The molecule has 0 radical (unpaired) electrons. The molecule has 2 unspecified atom stereocenters. The molecule has 2 atom stereocenters. The summed E-state index contributed by atoms with van der Waals surface area (Å²) in [5.74, 6) is 2.93. The molecule has 1 aromatic heterocycles. The second-order valence-corrected chi connectivity index (χ2v) is 9.13. The fourth-order valence-electron chi connectivity index (χ4n) is 4.51. The first-order valence-corrected chi connectivity index (χ1v) is 12.4. The maximum absolute atomic E-state index is 13.3. The Labute approximate surface area is 211 Å². The predicted molar refractivity (Wildman–Crippen MR) is 136 cm³/mol. The van der Waals surface area contributed by atoms with Gasteiger partial charge in [-0.05, 0) is 61.7 Å². The highest BCUT2D eigenvalue weighted by Crippen LogP contribution is 2.32. The number of rotatable bonds is 9. The van der Waals surface area contributed by atoms with Crippen LogP contribution in [-0.2, 0) is 11.3 Å². The number of carbonyl (C=O) groups excluding carboxylic acids is 1. The molecule has 1 saturated heterocycles. The van der Waals surface area contributed by atoms with Gasteiger partial charge in [-0.1, -0.05) is 25.5 Å². The number of oxazole rings is 1. The smallest absolute Gasteiger partial charge is 0.251 e. The van der Waals surface area contributed by atoms with Gasteiger partial charge in [0.25, 0.3) is 5.91 Å². The third-order valence-electron chi connectivity index (χ3n) is 6.67. The van der Waals surface area contributed by atoms with Crippen LogP contribution in [0.5, 0.6) is 11.5 Å². The first-order chi connectivity index (χ1) is 17.6. The first-order valence-electron chi connectivity index (χ1n) is 12.4. The number of hydrazine groups is 1. The van der Waals surface area contributed by atoms with Crippen molar-refractivity contribution in [3.8, 4) is 23.0 Å². The lowest BCUT2D eigenvalue weighted by Gasteiger charge is -2.31. The van der Waals surface area contributed by atoms with Crippen molar-refractivity contribution in [2.45, 2.75) is 51.7 Å². The number of amides is 1. The minimum absolute atomic E-state index is 0.0421. The molecule has 8 heteroatoms. The van der Waals surface area contributed by atoms with Crippen LogP contribution in [0, 0.1) is 6.92 Å². The van der Waals surface area contributed by atoms with Gasteiger partial charge in [0, 0.05) is 18.0 Å². The van der Waals surface area contributed by atoms with Crippen LogP contribution in [0.2, 0.25) is 0 Å². The molecule has 2 aromatic carbocycles. The number of fused-ring (bicyclic) bond motifs is 1. The van der Waals surface area contributed by atoms with E-state index in [9.17, 15) is 4.79 Å². The van der Waals surface area contributed by atoms with Gasteiger partial charge in [-0.15, -0.1) is 0 Å². The Hall–Kier alpha value is -3.78. The van der Waals surface area contributed by atoms with E-state index < -0.39 is 0 Å². The molecule has 3 aromatic rings. The van der Waals surface area contributed by atoms with Gasteiger partial charge >= 0.3 is 0 Å². The second kappa shape index (κ2) is 10.5. The highest BCUT2D eigenvalue weighted by atomic mass is 16.5. The maximum atomic E-state index is 13.3. The summed E-state index contributed by atoms with van der Waals surface area (Å²) in [7, 11) is 1.63. The first kappa shape index (κ1) is 23.9. The van der Waals surface area contributed by atoms with E-state index in [1.807, 2.05) is 54.5 Å². The highest BCUT2D eigenvalue weighted by molar-refractivity contribution is 5.84. The Kier molecular flexibility index (Phi) is 6.95. The Bertz CT molecular complexity index is 1220. The van der Waals surface area contributed by atoms with Gasteiger partial charge in [-0.25, -0.2) is 10.4 Å². The molecule has 2 aliphatic heterocycles. The molecule has 1 amide bonds. The van der Waals surface area contributed by atoms with Gasteiger partial charge in [0.05, 0.1) is 26.3 Å². The predicted octanol–water partition coefficient (Wildman–Crippen LogP) is 4.97. The van der Waals surface area contributed by atoms with Gasteiger partial charge < -0.3 is 23.8 Å². The molecule has 0 saturated carbocycles. The fourth-order valence-corrected chi connectivity index (χ4v) is 4.51. The molecule has 0 spiro atoms. The van der Waals surface area contributed by atoms with Crippen LogP contribution in [0.25, 0.3) is 11.5 Å². The van der Waals surface area contributed by atoms with Crippen molar-refractivity contribution in [3.05, 3.63) is 77.9 Å². The van der Waals surface area contributed by atoms with E-state index in [-0.39, 0.29) is 18.0 Å². The molecule has 1 fully saturated rings. The van der Waals surface area contributed by atoms with Crippen LogP contribution in [0.3, 0.4) is 0 Å². The van der Waals surface area contributed by atoms with E-state index >= 15 is 0 Å². The summed E-state index contributed by atoms with van der Waals surface area (Å²) in [5.41, 5.74) is 6.20. The average molecular weight is 489 g/mol. The zero-order valence-electron chi connectivity index (χ0n) is 20.9. The van der Waals surface area contributed by atoms with Gasteiger partial charge in [-0.2, -0.15) is 0 Å². The van der Waals surface area contributed by atoms with E-state index in [0.29, 0.717) is 24.6 Å². The molecule has 0 bridgehead atoms. The van der Waals surface area contributed by atoms with E-state index in [1.54, 1.807) is 18.2 Å². The van der Waals surface area contributed by atoms with Crippen molar-refractivity contribution >= 4 is 5.91 Å². The molecular formula is C28H32N4O4. The minimum atomic E-state index is -0.270. The van der Waals surface area contributed by atoms with Gasteiger partial charge in [-0.3, -0.25) is 4.79 Å². The molecular weight excluding hydrogens is 456 g/mol. The number of hydrogen-bond donors (Lipinski definition) is 1. The number of methoxy groups -OCH3 is 1. The van der Waals surface area contributed by atoms with Crippen molar-refractivity contribution in [2.75, 3.05) is 13.7 Å². The van der Waals surface area contributed by atoms with Crippen molar-refractivity contribution in [1.82, 2.24) is 20.3 Å².